The van der Waals surface area contributed by atoms with E-state index in [0.717, 1.165) is 32.4 Å². The molecule has 1 aliphatic rings. The van der Waals surface area contributed by atoms with Crippen LogP contribution in [-0.4, -0.2) is 19.2 Å². The van der Waals surface area contributed by atoms with Crippen molar-refractivity contribution >= 4 is 11.6 Å². The van der Waals surface area contributed by atoms with Crippen molar-refractivity contribution in [3.63, 3.8) is 0 Å². The number of ether oxygens (including phenoxy) is 1. The molecular weight excluding hydrogens is 253 g/mol. The van der Waals surface area contributed by atoms with Crippen LogP contribution in [0.2, 0.25) is 5.02 Å². The van der Waals surface area contributed by atoms with Crippen LogP contribution < -0.4 is 10.1 Å². The number of nitrogens with one attached hydrogen (secondary N) is 1. The third-order valence-corrected chi connectivity index (χ3v) is 3.68. The average molecular weight is 272 g/mol. The summed E-state index contributed by atoms with van der Waals surface area (Å²) >= 11 is 5.77. The predicted octanol–water partition coefficient (Wildman–Crippen LogP) is 3.64. The topological polar surface area (TPSA) is 21.3 Å². The molecule has 0 saturated carbocycles. The standard InChI is InChI=1S/C14H19ClFNO/c1-2-4-12(10-7-8-17-9-10)18-13-6-3-5-11(15)14(13)16/h3,5-6,10,12,17H,2,4,7-9H2,1H3/t10-,12-/m1/s1. The lowest BCUT2D eigenvalue weighted by molar-refractivity contribution is 0.127. The molecule has 0 bridgehead atoms. The van der Waals surface area contributed by atoms with Crippen molar-refractivity contribution in [2.24, 2.45) is 5.92 Å². The molecule has 0 amide bonds. The predicted molar refractivity (Wildman–Crippen MR) is 71.7 cm³/mol. The van der Waals surface area contributed by atoms with Crippen molar-refractivity contribution in [3.8, 4) is 5.75 Å². The third-order valence-electron chi connectivity index (χ3n) is 3.39. The summed E-state index contributed by atoms with van der Waals surface area (Å²) in [6.07, 6.45) is 3.13. The largest absolute Gasteiger partial charge is 0.487 e. The fourth-order valence-corrected chi connectivity index (χ4v) is 2.57. The second-order valence-electron chi connectivity index (χ2n) is 4.75. The number of benzene rings is 1. The van der Waals surface area contributed by atoms with Crippen LogP contribution in [0.5, 0.6) is 5.75 Å². The highest BCUT2D eigenvalue weighted by molar-refractivity contribution is 6.30. The summed E-state index contributed by atoms with van der Waals surface area (Å²) in [5.41, 5.74) is 0. The van der Waals surface area contributed by atoms with Gasteiger partial charge in [-0.25, -0.2) is 4.39 Å². The van der Waals surface area contributed by atoms with Crippen LogP contribution in [0.4, 0.5) is 4.39 Å². The Labute approximate surface area is 112 Å². The normalized spacial score (nSPS) is 20.9. The molecule has 1 N–H and O–H groups in total. The molecule has 0 radical (unpaired) electrons. The molecule has 4 heteroatoms. The lowest BCUT2D eigenvalue weighted by Crippen LogP contribution is -2.29. The molecule has 2 rings (SSSR count). The minimum atomic E-state index is -0.453. The minimum absolute atomic E-state index is 0.0676. The molecule has 1 fully saturated rings. The molecule has 1 heterocycles. The SMILES string of the molecule is CCC[C@@H](Oc1cccc(Cl)c1F)[C@@H]1CCNC1. The Morgan fingerprint density at radius 1 is 1.56 bits per heavy atom. The number of halogens is 2. The quantitative estimate of drug-likeness (QED) is 0.883. The summed E-state index contributed by atoms with van der Waals surface area (Å²) in [6, 6.07) is 4.90. The molecule has 2 atom stereocenters. The van der Waals surface area contributed by atoms with Crippen molar-refractivity contribution in [1.29, 1.82) is 0 Å². The summed E-state index contributed by atoms with van der Waals surface area (Å²) in [5.74, 6) is 0.280. The van der Waals surface area contributed by atoms with E-state index in [2.05, 4.69) is 12.2 Å². The second kappa shape index (κ2) is 6.39. The zero-order valence-electron chi connectivity index (χ0n) is 10.6. The molecule has 0 aliphatic carbocycles. The van der Waals surface area contributed by atoms with E-state index in [1.54, 1.807) is 12.1 Å². The van der Waals surface area contributed by atoms with Gasteiger partial charge in [-0.2, -0.15) is 0 Å². The van der Waals surface area contributed by atoms with E-state index in [1.807, 2.05) is 0 Å². The summed E-state index contributed by atoms with van der Waals surface area (Å²) < 4.78 is 19.7. The maximum atomic E-state index is 13.8. The number of rotatable bonds is 5. The number of hydrogen-bond acceptors (Lipinski definition) is 2. The molecule has 1 saturated heterocycles. The smallest absolute Gasteiger partial charge is 0.183 e. The Kier molecular flexibility index (Phi) is 4.84. The molecular formula is C14H19ClFNO. The van der Waals surface area contributed by atoms with E-state index in [9.17, 15) is 4.39 Å². The first kappa shape index (κ1) is 13.6. The van der Waals surface area contributed by atoms with Gasteiger partial charge in [0.05, 0.1) is 5.02 Å². The molecule has 18 heavy (non-hydrogen) atoms. The lowest BCUT2D eigenvalue weighted by atomic mass is 9.97. The number of hydrogen-bond donors (Lipinski definition) is 1. The van der Waals surface area contributed by atoms with Crippen LogP contribution in [-0.2, 0) is 0 Å². The fourth-order valence-electron chi connectivity index (χ4n) is 2.41. The van der Waals surface area contributed by atoms with E-state index in [0.29, 0.717) is 5.92 Å². The van der Waals surface area contributed by atoms with Crippen molar-refractivity contribution in [2.45, 2.75) is 32.3 Å². The van der Waals surface area contributed by atoms with Gasteiger partial charge in [0.25, 0.3) is 0 Å². The Bertz CT molecular complexity index is 393. The maximum Gasteiger partial charge on any atom is 0.183 e. The Hall–Kier alpha value is -0.800. The van der Waals surface area contributed by atoms with Crippen LogP contribution in [0, 0.1) is 11.7 Å². The van der Waals surface area contributed by atoms with Crippen LogP contribution >= 0.6 is 11.6 Å². The highest BCUT2D eigenvalue weighted by atomic mass is 35.5. The van der Waals surface area contributed by atoms with Gasteiger partial charge >= 0.3 is 0 Å². The Morgan fingerprint density at radius 3 is 3.06 bits per heavy atom. The summed E-state index contributed by atoms with van der Waals surface area (Å²) in [5, 5.41) is 3.44. The first-order valence-corrected chi connectivity index (χ1v) is 6.91. The van der Waals surface area contributed by atoms with E-state index in [4.69, 9.17) is 16.3 Å². The van der Waals surface area contributed by atoms with Crippen LogP contribution in [0.25, 0.3) is 0 Å². The minimum Gasteiger partial charge on any atom is -0.487 e. The summed E-state index contributed by atoms with van der Waals surface area (Å²) in [4.78, 5) is 0. The van der Waals surface area contributed by atoms with Gasteiger partial charge in [-0.3, -0.25) is 0 Å². The van der Waals surface area contributed by atoms with Gasteiger partial charge in [0, 0.05) is 12.5 Å². The summed E-state index contributed by atoms with van der Waals surface area (Å²) in [7, 11) is 0. The highest BCUT2D eigenvalue weighted by Gasteiger charge is 2.26. The Balaban J connectivity index is 2.10. The van der Waals surface area contributed by atoms with Crippen molar-refractivity contribution in [3.05, 3.63) is 29.0 Å². The first-order valence-electron chi connectivity index (χ1n) is 6.53. The second-order valence-corrected chi connectivity index (χ2v) is 5.16. The van der Waals surface area contributed by atoms with E-state index >= 15 is 0 Å². The molecule has 0 aromatic heterocycles. The summed E-state index contributed by atoms with van der Waals surface area (Å²) in [6.45, 7) is 4.09. The Morgan fingerprint density at radius 2 is 2.39 bits per heavy atom. The highest BCUT2D eigenvalue weighted by Crippen LogP contribution is 2.28. The zero-order chi connectivity index (χ0) is 13.0. The molecule has 100 valence electrons. The van der Waals surface area contributed by atoms with Crippen LogP contribution in [0.1, 0.15) is 26.2 Å². The van der Waals surface area contributed by atoms with Crippen molar-refractivity contribution < 1.29 is 9.13 Å². The van der Waals surface area contributed by atoms with Crippen LogP contribution in [0.15, 0.2) is 18.2 Å². The molecule has 0 unspecified atom stereocenters. The van der Waals surface area contributed by atoms with E-state index < -0.39 is 5.82 Å². The maximum absolute atomic E-state index is 13.8. The fraction of sp³-hybridized carbons (Fsp3) is 0.571. The lowest BCUT2D eigenvalue weighted by Gasteiger charge is -2.24. The molecule has 2 nitrogen and oxygen atoms in total. The van der Waals surface area contributed by atoms with Gasteiger partial charge in [-0.1, -0.05) is 31.0 Å². The molecule has 1 aliphatic heterocycles. The molecule has 1 aromatic rings. The third kappa shape index (κ3) is 3.15. The van der Waals surface area contributed by atoms with Crippen molar-refractivity contribution in [2.75, 3.05) is 13.1 Å². The van der Waals surface area contributed by atoms with Gasteiger partial charge in [0.1, 0.15) is 6.10 Å². The zero-order valence-corrected chi connectivity index (χ0v) is 11.3. The van der Waals surface area contributed by atoms with E-state index in [-0.39, 0.29) is 16.9 Å². The van der Waals surface area contributed by atoms with Crippen LogP contribution in [0.3, 0.4) is 0 Å². The van der Waals surface area contributed by atoms with Gasteiger partial charge < -0.3 is 10.1 Å². The molecule has 0 spiro atoms. The van der Waals surface area contributed by atoms with Gasteiger partial charge in [0.2, 0.25) is 0 Å². The van der Waals surface area contributed by atoms with Crippen molar-refractivity contribution in [1.82, 2.24) is 5.32 Å². The van der Waals surface area contributed by atoms with Gasteiger partial charge in [-0.15, -0.1) is 0 Å². The van der Waals surface area contributed by atoms with Gasteiger partial charge in [0.15, 0.2) is 11.6 Å². The average Bonchev–Trinajstić information content (AvgIpc) is 2.88. The van der Waals surface area contributed by atoms with E-state index in [1.165, 1.54) is 6.07 Å². The monoisotopic (exact) mass is 271 g/mol. The van der Waals surface area contributed by atoms with Gasteiger partial charge in [-0.05, 0) is 31.5 Å². The molecule has 1 aromatic carbocycles. The first-order chi connectivity index (χ1) is 8.72.